The Kier molecular flexibility index (Phi) is 6.63. The lowest BCUT2D eigenvalue weighted by Crippen LogP contribution is -2.40. The van der Waals surface area contributed by atoms with E-state index in [1.165, 1.54) is 11.1 Å². The number of carbonyl (C=O) groups is 2. The van der Waals surface area contributed by atoms with Gasteiger partial charge in [0.25, 0.3) is 0 Å². The molecule has 1 aliphatic heterocycles. The first-order valence-electron chi connectivity index (χ1n) is 8.59. The van der Waals surface area contributed by atoms with Crippen LogP contribution in [0.1, 0.15) is 49.7 Å². The lowest BCUT2D eigenvalue weighted by molar-refractivity contribution is -0.137. The summed E-state index contributed by atoms with van der Waals surface area (Å²) in [5, 5.41) is 8.78. The molecule has 1 aromatic rings. The molecule has 23 heavy (non-hydrogen) atoms. The summed E-state index contributed by atoms with van der Waals surface area (Å²) in [6.07, 6.45) is 5.32. The summed E-state index contributed by atoms with van der Waals surface area (Å²) >= 11 is 0. The lowest BCUT2D eigenvalue weighted by atomic mass is 9.93. The third-order valence-electron chi connectivity index (χ3n) is 4.61. The second-order valence-corrected chi connectivity index (χ2v) is 6.62. The zero-order valence-corrected chi connectivity index (χ0v) is 14.0. The minimum atomic E-state index is -0.744. The van der Waals surface area contributed by atoms with Crippen molar-refractivity contribution in [3.8, 4) is 0 Å². The van der Waals surface area contributed by atoms with Gasteiger partial charge in [-0.15, -0.1) is 0 Å². The van der Waals surface area contributed by atoms with Crippen LogP contribution in [0.5, 0.6) is 0 Å². The number of carboxylic acids is 1. The van der Waals surface area contributed by atoms with Gasteiger partial charge in [-0.1, -0.05) is 29.8 Å². The Morgan fingerprint density at radius 2 is 1.96 bits per heavy atom. The van der Waals surface area contributed by atoms with Gasteiger partial charge in [-0.2, -0.15) is 0 Å². The van der Waals surface area contributed by atoms with E-state index in [1.807, 2.05) is 4.90 Å². The van der Waals surface area contributed by atoms with Crippen LogP contribution in [0.4, 0.5) is 0 Å². The van der Waals surface area contributed by atoms with Crippen molar-refractivity contribution in [3.63, 3.8) is 0 Å². The number of nitrogens with zero attached hydrogens (tertiary/aromatic N) is 1. The molecular weight excluding hydrogens is 290 g/mol. The summed E-state index contributed by atoms with van der Waals surface area (Å²) < 4.78 is 0. The molecule has 0 saturated carbocycles. The molecule has 2 rings (SSSR count). The molecule has 1 aliphatic rings. The normalized spacial score (nSPS) is 18.0. The highest BCUT2D eigenvalue weighted by molar-refractivity contribution is 5.76. The van der Waals surface area contributed by atoms with Gasteiger partial charge in [0.1, 0.15) is 0 Å². The van der Waals surface area contributed by atoms with Crippen molar-refractivity contribution in [1.82, 2.24) is 4.90 Å². The van der Waals surface area contributed by atoms with E-state index in [9.17, 15) is 9.59 Å². The number of amides is 1. The van der Waals surface area contributed by atoms with Crippen molar-refractivity contribution >= 4 is 11.9 Å². The molecule has 0 aliphatic carbocycles. The van der Waals surface area contributed by atoms with Crippen molar-refractivity contribution < 1.29 is 14.7 Å². The van der Waals surface area contributed by atoms with Crippen LogP contribution in [0.15, 0.2) is 24.3 Å². The molecule has 1 fully saturated rings. The molecule has 0 bridgehead atoms. The first kappa shape index (κ1) is 17.5. The molecule has 1 amide bonds. The standard InChI is InChI=1S/C19H27NO3/c1-15-7-9-16(10-8-15)4-2-6-18(21)20-13-3-5-17(14-20)11-12-19(22)23/h7-10,17H,2-6,11-14H2,1H3,(H,22,23)/t17-/m0/s1. The number of piperidine rings is 1. The van der Waals surface area contributed by atoms with E-state index in [0.29, 0.717) is 18.8 Å². The first-order valence-corrected chi connectivity index (χ1v) is 8.59. The molecule has 0 unspecified atom stereocenters. The smallest absolute Gasteiger partial charge is 0.303 e. The summed E-state index contributed by atoms with van der Waals surface area (Å²) in [6.45, 7) is 3.63. The quantitative estimate of drug-likeness (QED) is 0.838. The predicted molar refractivity (Wildman–Crippen MR) is 90.3 cm³/mol. The number of likely N-dealkylation sites (tertiary alicyclic amines) is 1. The van der Waals surface area contributed by atoms with E-state index in [-0.39, 0.29) is 12.3 Å². The number of rotatable bonds is 7. The van der Waals surface area contributed by atoms with E-state index < -0.39 is 5.97 Å². The number of hydrogen-bond donors (Lipinski definition) is 1. The highest BCUT2D eigenvalue weighted by atomic mass is 16.4. The van der Waals surface area contributed by atoms with Gasteiger partial charge in [-0.3, -0.25) is 9.59 Å². The lowest BCUT2D eigenvalue weighted by Gasteiger charge is -2.32. The van der Waals surface area contributed by atoms with Crippen molar-refractivity contribution in [2.45, 2.75) is 51.9 Å². The molecule has 0 aromatic heterocycles. The summed E-state index contributed by atoms with van der Waals surface area (Å²) in [5.74, 6) is -0.176. The van der Waals surface area contributed by atoms with Gasteiger partial charge in [0, 0.05) is 25.9 Å². The number of benzene rings is 1. The number of carbonyl (C=O) groups excluding carboxylic acids is 1. The maximum atomic E-state index is 12.3. The molecular formula is C19H27NO3. The fraction of sp³-hybridized carbons (Fsp3) is 0.579. The van der Waals surface area contributed by atoms with Gasteiger partial charge < -0.3 is 10.0 Å². The monoisotopic (exact) mass is 317 g/mol. The molecule has 4 heteroatoms. The Hall–Kier alpha value is -1.84. The second kappa shape index (κ2) is 8.70. The average molecular weight is 317 g/mol. The third-order valence-corrected chi connectivity index (χ3v) is 4.61. The van der Waals surface area contributed by atoms with Crippen LogP contribution in [-0.4, -0.2) is 35.0 Å². The molecule has 1 saturated heterocycles. The van der Waals surface area contributed by atoms with Gasteiger partial charge in [0.15, 0.2) is 0 Å². The number of aryl methyl sites for hydroxylation is 2. The second-order valence-electron chi connectivity index (χ2n) is 6.62. The molecule has 4 nitrogen and oxygen atoms in total. The fourth-order valence-electron chi connectivity index (χ4n) is 3.21. The Balaban J connectivity index is 1.72. The maximum Gasteiger partial charge on any atom is 0.303 e. The van der Waals surface area contributed by atoms with Crippen molar-refractivity contribution in [1.29, 1.82) is 0 Å². The highest BCUT2D eigenvalue weighted by Gasteiger charge is 2.23. The molecule has 1 aromatic carbocycles. The molecule has 1 heterocycles. The van der Waals surface area contributed by atoms with Crippen molar-refractivity contribution in [3.05, 3.63) is 35.4 Å². The minimum absolute atomic E-state index is 0.208. The SMILES string of the molecule is Cc1ccc(CCCC(=O)N2CCC[C@@H](CCC(=O)O)C2)cc1. The van der Waals surface area contributed by atoms with E-state index in [0.717, 1.165) is 38.8 Å². The molecule has 1 N–H and O–H groups in total. The van der Waals surface area contributed by atoms with E-state index in [4.69, 9.17) is 5.11 Å². The fourth-order valence-corrected chi connectivity index (χ4v) is 3.21. The van der Waals surface area contributed by atoms with Crippen LogP contribution in [0, 0.1) is 12.8 Å². The number of hydrogen-bond acceptors (Lipinski definition) is 2. The van der Waals surface area contributed by atoms with Gasteiger partial charge in [-0.25, -0.2) is 0 Å². The number of carboxylic acid groups (broad SMARTS) is 1. The zero-order chi connectivity index (χ0) is 16.7. The molecule has 126 valence electrons. The van der Waals surface area contributed by atoms with Crippen molar-refractivity contribution in [2.24, 2.45) is 5.92 Å². The van der Waals surface area contributed by atoms with Crippen LogP contribution < -0.4 is 0 Å². The van der Waals surface area contributed by atoms with Crippen LogP contribution in [-0.2, 0) is 16.0 Å². The Morgan fingerprint density at radius 3 is 2.65 bits per heavy atom. The van der Waals surface area contributed by atoms with Gasteiger partial charge in [0.05, 0.1) is 0 Å². The Bertz CT molecular complexity index is 524. The van der Waals surface area contributed by atoms with Gasteiger partial charge >= 0.3 is 5.97 Å². The summed E-state index contributed by atoms with van der Waals surface area (Å²) in [5.41, 5.74) is 2.53. The van der Waals surface area contributed by atoms with Crippen LogP contribution in [0.2, 0.25) is 0 Å². The van der Waals surface area contributed by atoms with Crippen LogP contribution >= 0.6 is 0 Å². The largest absolute Gasteiger partial charge is 0.481 e. The number of aliphatic carboxylic acids is 1. The summed E-state index contributed by atoms with van der Waals surface area (Å²) in [4.78, 5) is 24.9. The van der Waals surface area contributed by atoms with Crippen molar-refractivity contribution in [2.75, 3.05) is 13.1 Å². The van der Waals surface area contributed by atoms with Gasteiger partial charge in [0.2, 0.25) is 5.91 Å². The molecule has 0 spiro atoms. The predicted octanol–water partition coefficient (Wildman–Crippen LogP) is 3.42. The molecule has 0 radical (unpaired) electrons. The van der Waals surface area contributed by atoms with E-state index in [2.05, 4.69) is 31.2 Å². The Morgan fingerprint density at radius 1 is 1.22 bits per heavy atom. The zero-order valence-electron chi connectivity index (χ0n) is 14.0. The highest BCUT2D eigenvalue weighted by Crippen LogP contribution is 2.22. The summed E-state index contributed by atoms with van der Waals surface area (Å²) in [6, 6.07) is 8.47. The maximum absolute atomic E-state index is 12.3. The summed E-state index contributed by atoms with van der Waals surface area (Å²) in [7, 11) is 0. The minimum Gasteiger partial charge on any atom is -0.481 e. The van der Waals surface area contributed by atoms with E-state index >= 15 is 0 Å². The third kappa shape index (κ3) is 6.05. The molecule has 1 atom stereocenters. The van der Waals surface area contributed by atoms with E-state index in [1.54, 1.807) is 0 Å². The Labute approximate surface area is 138 Å². The average Bonchev–Trinajstić information content (AvgIpc) is 2.55. The van der Waals surface area contributed by atoms with Crippen LogP contribution in [0.3, 0.4) is 0 Å². The first-order chi connectivity index (χ1) is 11.0. The van der Waals surface area contributed by atoms with Gasteiger partial charge in [-0.05, 0) is 50.5 Å². The topological polar surface area (TPSA) is 57.6 Å². The van der Waals surface area contributed by atoms with Crippen LogP contribution in [0.25, 0.3) is 0 Å².